The lowest BCUT2D eigenvalue weighted by Crippen LogP contribution is -2.66. The number of aryl methyl sites for hydroxylation is 6. The molecule has 4 heterocycles. The van der Waals surface area contributed by atoms with E-state index >= 15 is 0 Å². The van der Waals surface area contributed by atoms with Crippen LogP contribution in [-0.2, 0) is 32.5 Å². The van der Waals surface area contributed by atoms with E-state index in [1.54, 1.807) is 0 Å². The molecule has 0 N–H and O–H groups in total. The van der Waals surface area contributed by atoms with E-state index in [1.165, 1.54) is 117 Å². The Hall–Kier alpha value is -9.85. The minimum atomic E-state index is -0.204. The molecule has 0 saturated carbocycles. The summed E-state index contributed by atoms with van der Waals surface area (Å²) in [5.74, 6) is 3.40. The molecule has 0 radical (unpaired) electrons. The first-order chi connectivity index (χ1) is 49.3. The summed E-state index contributed by atoms with van der Waals surface area (Å²) >= 11 is 0. The van der Waals surface area contributed by atoms with Crippen LogP contribution in [0.3, 0.4) is 0 Å². The van der Waals surface area contributed by atoms with Gasteiger partial charge in [-0.2, -0.15) is 0 Å². The summed E-state index contributed by atoms with van der Waals surface area (Å²) in [5.41, 5.74) is 32.9. The molecule has 528 valence electrons. The molecule has 10 aromatic carbocycles. The summed E-state index contributed by atoms with van der Waals surface area (Å²) in [6, 6.07) is 71.2. The highest BCUT2D eigenvalue weighted by Crippen LogP contribution is 2.46. The molecule has 14 rings (SSSR count). The van der Waals surface area contributed by atoms with Gasteiger partial charge in [0.25, 0.3) is 0 Å². The van der Waals surface area contributed by atoms with Gasteiger partial charge in [-0.05, 0) is 147 Å². The molecule has 0 fully saturated rings. The molecule has 105 heavy (non-hydrogen) atoms. The lowest BCUT2D eigenvalue weighted by atomic mass is 9.29. The van der Waals surface area contributed by atoms with Crippen LogP contribution in [0.2, 0.25) is 0 Å². The van der Waals surface area contributed by atoms with Gasteiger partial charge in [0.1, 0.15) is 0 Å². The van der Waals surface area contributed by atoms with Gasteiger partial charge >= 0.3 is 0 Å². The van der Waals surface area contributed by atoms with Crippen LogP contribution >= 0.6 is 0 Å². The number of nitrogens with zero attached hydrogens (tertiary/aromatic N) is 7. The molecule has 0 spiro atoms. The first-order valence-electron chi connectivity index (χ1n) is 37.8. The largest absolute Gasteiger partial charge is 0.313 e. The fourth-order valence-electron chi connectivity index (χ4n) is 16.3. The molecule has 7 nitrogen and oxygen atoms in total. The van der Waals surface area contributed by atoms with Gasteiger partial charge in [-0.1, -0.05) is 345 Å². The van der Waals surface area contributed by atoms with Crippen LogP contribution in [0.1, 0.15) is 191 Å². The maximum Gasteiger partial charge on any atom is 0.247 e. The van der Waals surface area contributed by atoms with Crippen LogP contribution in [0.5, 0.6) is 0 Å². The molecule has 0 saturated heterocycles. The summed E-state index contributed by atoms with van der Waals surface area (Å²) < 4.78 is 0. The molecule has 2 aromatic heterocycles. The number of aromatic nitrogens is 6. The summed E-state index contributed by atoms with van der Waals surface area (Å²) in [5, 5.41) is 0. The molecule has 0 bridgehead atoms. The van der Waals surface area contributed by atoms with Crippen LogP contribution in [0.15, 0.2) is 188 Å². The maximum atomic E-state index is 5.74. The van der Waals surface area contributed by atoms with Crippen molar-refractivity contribution in [1.29, 1.82) is 0 Å². The Kier molecular flexibility index (Phi) is 17.9. The van der Waals surface area contributed by atoms with Crippen LogP contribution in [0.4, 0.5) is 17.1 Å². The maximum absolute atomic E-state index is 5.74. The lowest BCUT2D eigenvalue weighted by Gasteiger charge is -2.45. The number of hydrogen-bond acceptors (Lipinski definition) is 7. The molecule has 2 aliphatic rings. The summed E-state index contributed by atoms with van der Waals surface area (Å²) in [6.45, 7) is 54.5. The SMILES string of the molecule is Cc1cc(C)c(B2c3cc(C(C)(C)C)ccc3N3c4ccc(C(C)(C)C)cc4B(c4c(C)cc(C)cc4C)c4cc(-c5c(-c6nc(-c7ccc(C(C)(C)C)cc7)nc(-c7ccc(C(C)(C)C)cc7)n6)cccc5-c5nc(-c6ccc(C(C)(C)C)cc6)nc(-c6ccc(C(C)(C)C)cc6)n5)cc2c43)c(C)c1. The Bertz CT molecular complexity index is 4880. The lowest BCUT2D eigenvalue weighted by molar-refractivity contribution is 0.590. The van der Waals surface area contributed by atoms with Crippen molar-refractivity contribution in [2.75, 3.05) is 4.90 Å². The van der Waals surface area contributed by atoms with E-state index < -0.39 is 0 Å². The van der Waals surface area contributed by atoms with Gasteiger partial charge in [-0.15, -0.1) is 0 Å². The molecule has 9 heteroatoms. The van der Waals surface area contributed by atoms with Crippen molar-refractivity contribution in [2.45, 2.75) is 199 Å². The fourth-order valence-corrected chi connectivity index (χ4v) is 16.3. The van der Waals surface area contributed by atoms with E-state index in [0.29, 0.717) is 34.9 Å². The first-order valence-corrected chi connectivity index (χ1v) is 37.8. The van der Waals surface area contributed by atoms with E-state index in [2.05, 4.69) is 359 Å². The number of rotatable bonds is 9. The van der Waals surface area contributed by atoms with Crippen LogP contribution in [0, 0.1) is 41.5 Å². The molecular weight excluding hydrogens is 1270 g/mol. The number of benzene rings is 10. The molecule has 0 unspecified atom stereocenters. The van der Waals surface area contributed by atoms with Crippen molar-refractivity contribution in [3.8, 4) is 79.5 Å². The second kappa shape index (κ2) is 26.0. The highest BCUT2D eigenvalue weighted by molar-refractivity contribution is 7.02. The molecule has 12 aromatic rings. The van der Waals surface area contributed by atoms with E-state index in [1.807, 2.05) is 0 Å². The topological polar surface area (TPSA) is 80.6 Å². The van der Waals surface area contributed by atoms with Gasteiger partial charge in [0.15, 0.2) is 34.9 Å². The number of hydrogen-bond donors (Lipinski definition) is 0. The quantitative estimate of drug-likeness (QED) is 0.133. The average molecular weight is 1380 g/mol. The highest BCUT2D eigenvalue weighted by atomic mass is 15.2. The highest BCUT2D eigenvalue weighted by Gasteiger charge is 2.46. The van der Waals surface area contributed by atoms with Gasteiger partial charge in [0.2, 0.25) is 13.4 Å². The van der Waals surface area contributed by atoms with Crippen molar-refractivity contribution >= 4 is 63.3 Å². The summed E-state index contributed by atoms with van der Waals surface area (Å²) in [4.78, 5) is 36.5. The van der Waals surface area contributed by atoms with Gasteiger partial charge < -0.3 is 4.90 Å². The van der Waals surface area contributed by atoms with Gasteiger partial charge in [-0.25, -0.2) is 29.9 Å². The van der Waals surface area contributed by atoms with Crippen molar-refractivity contribution in [2.24, 2.45) is 0 Å². The predicted octanol–water partition coefficient (Wildman–Crippen LogP) is 20.5. The van der Waals surface area contributed by atoms with Gasteiger partial charge in [-0.3, -0.25) is 0 Å². The average Bonchev–Trinajstić information content (AvgIpc) is 0.688. The summed E-state index contributed by atoms with van der Waals surface area (Å²) in [7, 11) is 0. The van der Waals surface area contributed by atoms with E-state index in [0.717, 1.165) is 44.5 Å². The van der Waals surface area contributed by atoms with Crippen molar-refractivity contribution in [3.63, 3.8) is 0 Å². The van der Waals surface area contributed by atoms with E-state index in [-0.39, 0.29) is 45.9 Å². The Morgan fingerprint density at radius 1 is 0.257 bits per heavy atom. The van der Waals surface area contributed by atoms with Crippen LogP contribution in [-0.4, -0.2) is 43.3 Å². The molecule has 0 aliphatic carbocycles. The second-order valence-electron chi connectivity index (χ2n) is 36.5. The molecule has 0 atom stereocenters. The minimum absolute atomic E-state index is 0.0660. The van der Waals surface area contributed by atoms with Crippen molar-refractivity contribution < 1.29 is 0 Å². The van der Waals surface area contributed by atoms with Crippen molar-refractivity contribution in [3.05, 3.63) is 255 Å². The standard InChI is InChI=1S/C96H103B2N7/c1-56-48-58(3)82(59(4)49-56)97-75-54-71(95(19,20)21)44-46-79(75)105-80-47-45-72(96(22,23)24)55-76(80)98(83-60(5)50-57(2)51-61(83)6)78-53-66(52-77(97)84(78)105)81-73(89-101-85(62-28-36-67(37-29-62)91(7,8)9)99-86(102-89)63-30-38-68(39-31-63)92(10,11)12)26-25-27-74(81)90-103-87(64-32-40-69(41-33-64)93(13,14)15)100-88(104-90)65-34-42-70(43-35-65)94(16,17)18/h25-55H,1-24H3. The van der Waals surface area contributed by atoms with Crippen molar-refractivity contribution in [1.82, 2.24) is 29.9 Å². The Morgan fingerprint density at radius 2 is 0.514 bits per heavy atom. The Morgan fingerprint density at radius 3 is 0.781 bits per heavy atom. The zero-order chi connectivity index (χ0) is 75.1. The van der Waals surface area contributed by atoms with Crippen LogP contribution in [0.25, 0.3) is 79.5 Å². The molecule has 2 aliphatic heterocycles. The predicted molar refractivity (Wildman–Crippen MR) is 449 cm³/mol. The Balaban J connectivity index is 1.17. The normalized spacial score (nSPS) is 13.3. The fraction of sp³-hybridized carbons (Fsp3) is 0.312. The smallest absolute Gasteiger partial charge is 0.247 e. The zero-order valence-electron chi connectivity index (χ0n) is 66.7. The zero-order valence-corrected chi connectivity index (χ0v) is 66.7. The molecule has 0 amide bonds. The second-order valence-corrected chi connectivity index (χ2v) is 36.5. The Labute approximate surface area is 627 Å². The number of fused-ring (bicyclic) bond motifs is 4. The molecular formula is C96H103B2N7. The third kappa shape index (κ3) is 13.6. The number of anilines is 3. The van der Waals surface area contributed by atoms with E-state index in [4.69, 9.17) is 29.9 Å². The first kappa shape index (κ1) is 72.1. The third-order valence-corrected chi connectivity index (χ3v) is 22.1. The minimum Gasteiger partial charge on any atom is -0.313 e. The van der Waals surface area contributed by atoms with Crippen LogP contribution < -0.4 is 37.7 Å². The monoisotopic (exact) mass is 1380 g/mol. The van der Waals surface area contributed by atoms with Gasteiger partial charge in [0.05, 0.1) is 0 Å². The van der Waals surface area contributed by atoms with E-state index in [9.17, 15) is 0 Å². The van der Waals surface area contributed by atoms with Gasteiger partial charge in [0, 0.05) is 56.0 Å². The third-order valence-electron chi connectivity index (χ3n) is 22.1. The summed E-state index contributed by atoms with van der Waals surface area (Å²) in [6.07, 6.45) is 0.